The lowest BCUT2D eigenvalue weighted by Crippen LogP contribution is -2.11. The first-order valence-corrected chi connectivity index (χ1v) is 5.41. The minimum Gasteiger partial charge on any atom is -0.465 e. The van der Waals surface area contributed by atoms with Gasteiger partial charge in [-0.2, -0.15) is 0 Å². The monoisotopic (exact) mass is 240 g/mol. The summed E-state index contributed by atoms with van der Waals surface area (Å²) in [5, 5.41) is 0. The van der Waals surface area contributed by atoms with E-state index in [2.05, 4.69) is 4.74 Å². The van der Waals surface area contributed by atoms with Gasteiger partial charge in [-0.05, 0) is 13.0 Å². The van der Waals surface area contributed by atoms with E-state index in [9.17, 15) is 9.59 Å². The van der Waals surface area contributed by atoms with Crippen LogP contribution in [0.5, 0.6) is 0 Å². The van der Waals surface area contributed by atoms with Crippen LogP contribution in [0.1, 0.15) is 32.7 Å². The normalized spacial score (nSPS) is 9.94. The molecule has 1 rings (SSSR count). The third-order valence-electron chi connectivity index (χ3n) is 2.20. The average Bonchev–Trinajstić information content (AvgIpc) is 2.28. The summed E-state index contributed by atoms with van der Waals surface area (Å²) in [5.74, 6) is -0.398. The maximum atomic E-state index is 11.7. The topological polar surface area (TPSA) is 43.4 Å². The SMILES string of the molecule is COC(=O)c1cc(C)ccc1C(=O)CCCl. The zero-order valence-electron chi connectivity index (χ0n) is 9.25. The molecule has 0 fully saturated rings. The Bertz CT molecular complexity index is 413. The standard InChI is InChI=1S/C12H13ClO3/c1-8-3-4-9(11(14)5-6-13)10(7-8)12(15)16-2/h3-4,7H,5-6H2,1-2H3. The fraction of sp³-hybridized carbons (Fsp3) is 0.333. The molecule has 0 aliphatic carbocycles. The second kappa shape index (κ2) is 5.66. The van der Waals surface area contributed by atoms with Crippen LogP contribution in [0.3, 0.4) is 0 Å². The maximum absolute atomic E-state index is 11.7. The number of carbonyl (C=O) groups is 2. The van der Waals surface area contributed by atoms with Crippen LogP contribution in [0.4, 0.5) is 0 Å². The summed E-state index contributed by atoms with van der Waals surface area (Å²) in [7, 11) is 1.29. The van der Waals surface area contributed by atoms with Gasteiger partial charge in [0.25, 0.3) is 0 Å². The Morgan fingerprint density at radius 1 is 1.31 bits per heavy atom. The van der Waals surface area contributed by atoms with Crippen molar-refractivity contribution in [1.82, 2.24) is 0 Å². The van der Waals surface area contributed by atoms with Crippen molar-refractivity contribution >= 4 is 23.4 Å². The lowest BCUT2D eigenvalue weighted by atomic mass is 10.00. The zero-order chi connectivity index (χ0) is 12.1. The van der Waals surface area contributed by atoms with E-state index in [4.69, 9.17) is 11.6 Å². The number of carbonyl (C=O) groups excluding carboxylic acids is 2. The Morgan fingerprint density at radius 2 is 2.00 bits per heavy atom. The van der Waals surface area contributed by atoms with Gasteiger partial charge in [-0.3, -0.25) is 4.79 Å². The van der Waals surface area contributed by atoms with Crippen LogP contribution in [0, 0.1) is 6.92 Å². The minimum absolute atomic E-state index is 0.143. The van der Waals surface area contributed by atoms with Crippen molar-refractivity contribution in [2.45, 2.75) is 13.3 Å². The molecule has 0 heterocycles. The molecule has 0 aliphatic heterocycles. The van der Waals surface area contributed by atoms with E-state index >= 15 is 0 Å². The maximum Gasteiger partial charge on any atom is 0.338 e. The van der Waals surface area contributed by atoms with Gasteiger partial charge in [0.1, 0.15) is 0 Å². The fourth-order valence-corrected chi connectivity index (χ4v) is 1.57. The van der Waals surface area contributed by atoms with Crippen LogP contribution in [0.15, 0.2) is 18.2 Å². The Morgan fingerprint density at radius 3 is 2.56 bits per heavy atom. The summed E-state index contributed by atoms with van der Waals surface area (Å²) in [6.45, 7) is 1.85. The van der Waals surface area contributed by atoms with Crippen LogP contribution < -0.4 is 0 Å². The van der Waals surface area contributed by atoms with E-state index < -0.39 is 5.97 Å². The van der Waals surface area contributed by atoms with Crippen molar-refractivity contribution in [3.63, 3.8) is 0 Å². The number of esters is 1. The van der Waals surface area contributed by atoms with Crippen LogP contribution in [0.25, 0.3) is 0 Å². The number of alkyl halides is 1. The van der Waals surface area contributed by atoms with E-state index in [0.717, 1.165) is 5.56 Å². The van der Waals surface area contributed by atoms with Crippen molar-refractivity contribution in [1.29, 1.82) is 0 Å². The van der Waals surface area contributed by atoms with Crippen LogP contribution in [-0.4, -0.2) is 24.7 Å². The molecule has 0 bridgehead atoms. The molecular formula is C12H13ClO3. The predicted molar refractivity (Wildman–Crippen MR) is 62.2 cm³/mol. The molecule has 0 N–H and O–H groups in total. The molecule has 16 heavy (non-hydrogen) atoms. The minimum atomic E-state index is -0.498. The van der Waals surface area contributed by atoms with Crippen molar-refractivity contribution in [2.75, 3.05) is 13.0 Å². The number of methoxy groups -OCH3 is 1. The van der Waals surface area contributed by atoms with Gasteiger partial charge >= 0.3 is 5.97 Å². The Kier molecular flexibility index (Phi) is 4.50. The molecule has 0 unspecified atom stereocenters. The van der Waals surface area contributed by atoms with Gasteiger partial charge in [0.15, 0.2) is 5.78 Å². The predicted octanol–water partition coefficient (Wildman–Crippen LogP) is 2.59. The molecule has 0 atom stereocenters. The first-order valence-electron chi connectivity index (χ1n) is 4.88. The highest BCUT2D eigenvalue weighted by molar-refractivity contribution is 6.20. The smallest absolute Gasteiger partial charge is 0.338 e. The van der Waals surface area contributed by atoms with Crippen molar-refractivity contribution in [3.05, 3.63) is 34.9 Å². The van der Waals surface area contributed by atoms with E-state index in [1.807, 2.05) is 6.92 Å². The quantitative estimate of drug-likeness (QED) is 0.462. The highest BCUT2D eigenvalue weighted by Crippen LogP contribution is 2.15. The molecule has 0 amide bonds. The number of ketones is 1. The number of Topliss-reactive ketones (excluding diaryl/α,β-unsaturated/α-hetero) is 1. The largest absolute Gasteiger partial charge is 0.465 e. The second-order valence-corrected chi connectivity index (χ2v) is 3.78. The molecule has 0 aromatic heterocycles. The molecular weight excluding hydrogens is 228 g/mol. The average molecular weight is 241 g/mol. The van der Waals surface area contributed by atoms with Gasteiger partial charge < -0.3 is 4.74 Å². The summed E-state index contributed by atoms with van der Waals surface area (Å²) in [4.78, 5) is 23.2. The summed E-state index contributed by atoms with van der Waals surface area (Å²) in [6, 6.07) is 5.07. The Balaban J connectivity index is 3.17. The molecule has 3 nitrogen and oxygen atoms in total. The second-order valence-electron chi connectivity index (χ2n) is 3.40. The molecule has 0 spiro atoms. The van der Waals surface area contributed by atoms with Gasteiger partial charge in [-0.15, -0.1) is 11.6 Å². The van der Waals surface area contributed by atoms with E-state index in [-0.39, 0.29) is 18.1 Å². The number of aryl methyl sites for hydroxylation is 1. The summed E-state index contributed by atoms with van der Waals surface area (Å²) >= 11 is 5.51. The molecule has 86 valence electrons. The van der Waals surface area contributed by atoms with Crippen LogP contribution >= 0.6 is 11.6 Å². The number of rotatable bonds is 4. The first kappa shape index (κ1) is 12.7. The Hall–Kier alpha value is -1.35. The third kappa shape index (κ3) is 2.83. The first-order chi connectivity index (χ1) is 7.60. The van der Waals surface area contributed by atoms with E-state index in [0.29, 0.717) is 11.1 Å². The van der Waals surface area contributed by atoms with E-state index in [1.165, 1.54) is 7.11 Å². The van der Waals surface area contributed by atoms with Gasteiger partial charge in [-0.1, -0.05) is 17.7 Å². The molecule has 0 saturated heterocycles. The molecule has 0 radical (unpaired) electrons. The van der Waals surface area contributed by atoms with Crippen LogP contribution in [0.2, 0.25) is 0 Å². The number of ether oxygens (including phenoxy) is 1. The van der Waals surface area contributed by atoms with E-state index in [1.54, 1.807) is 18.2 Å². The zero-order valence-corrected chi connectivity index (χ0v) is 10.0. The molecule has 0 aliphatic rings. The van der Waals surface area contributed by atoms with Gasteiger partial charge in [0, 0.05) is 17.9 Å². The molecule has 0 saturated carbocycles. The highest BCUT2D eigenvalue weighted by Gasteiger charge is 2.16. The summed E-state index contributed by atoms with van der Waals surface area (Å²) in [6.07, 6.45) is 0.217. The van der Waals surface area contributed by atoms with Crippen molar-refractivity contribution in [3.8, 4) is 0 Å². The lowest BCUT2D eigenvalue weighted by Gasteiger charge is -2.07. The van der Waals surface area contributed by atoms with Gasteiger partial charge in [-0.25, -0.2) is 4.79 Å². The highest BCUT2D eigenvalue weighted by atomic mass is 35.5. The number of halogens is 1. The van der Waals surface area contributed by atoms with Gasteiger partial charge in [0.05, 0.1) is 12.7 Å². The number of hydrogen-bond acceptors (Lipinski definition) is 3. The van der Waals surface area contributed by atoms with Crippen molar-refractivity contribution < 1.29 is 14.3 Å². The molecule has 1 aromatic rings. The summed E-state index contributed by atoms with van der Waals surface area (Å²) in [5.41, 5.74) is 1.58. The molecule has 4 heteroatoms. The summed E-state index contributed by atoms with van der Waals surface area (Å²) < 4.78 is 4.64. The van der Waals surface area contributed by atoms with Gasteiger partial charge in [0.2, 0.25) is 0 Å². The van der Waals surface area contributed by atoms with Crippen molar-refractivity contribution in [2.24, 2.45) is 0 Å². The number of hydrogen-bond donors (Lipinski definition) is 0. The number of benzene rings is 1. The lowest BCUT2D eigenvalue weighted by molar-refractivity contribution is 0.0597. The fourth-order valence-electron chi connectivity index (χ4n) is 1.40. The molecule has 1 aromatic carbocycles. The van der Waals surface area contributed by atoms with Crippen LogP contribution in [-0.2, 0) is 4.74 Å². The third-order valence-corrected chi connectivity index (χ3v) is 2.39. The Labute approximate surface area is 99.4 Å².